The Morgan fingerprint density at radius 2 is 2.25 bits per heavy atom. The van der Waals surface area contributed by atoms with Crippen molar-refractivity contribution in [1.82, 2.24) is 5.32 Å². The van der Waals surface area contributed by atoms with Gasteiger partial charge in [0.1, 0.15) is 5.82 Å². The first-order valence-corrected chi connectivity index (χ1v) is 7.76. The Balaban J connectivity index is 1.79. The van der Waals surface area contributed by atoms with Crippen molar-refractivity contribution in [2.24, 2.45) is 5.41 Å². The van der Waals surface area contributed by atoms with Gasteiger partial charge >= 0.3 is 0 Å². The number of hydrogen-bond acceptors (Lipinski definition) is 2. The molecule has 2 nitrogen and oxygen atoms in total. The first-order valence-electron chi connectivity index (χ1n) is 7.38. The van der Waals surface area contributed by atoms with E-state index in [1.54, 1.807) is 12.1 Å². The summed E-state index contributed by atoms with van der Waals surface area (Å²) in [6.45, 7) is 3.75. The quantitative estimate of drug-likeness (QED) is 0.897. The van der Waals surface area contributed by atoms with Gasteiger partial charge in [-0.15, -0.1) is 0 Å². The van der Waals surface area contributed by atoms with Crippen molar-refractivity contribution in [1.29, 1.82) is 0 Å². The molecule has 2 unspecified atom stereocenters. The predicted molar refractivity (Wildman–Crippen MR) is 78.6 cm³/mol. The van der Waals surface area contributed by atoms with Crippen LogP contribution >= 0.6 is 11.6 Å². The van der Waals surface area contributed by atoms with Crippen molar-refractivity contribution >= 4 is 11.6 Å². The summed E-state index contributed by atoms with van der Waals surface area (Å²) in [5, 5.41) is 4.18. The molecule has 1 N–H and O–H groups in total. The molecule has 110 valence electrons. The number of nitrogens with one attached hydrogen (secondary N) is 1. The maximum absolute atomic E-state index is 14.0. The molecule has 1 aliphatic carbocycles. The average Bonchev–Trinajstić information content (AvgIpc) is 3.18. The molecule has 4 heteroatoms. The van der Waals surface area contributed by atoms with E-state index in [9.17, 15) is 4.39 Å². The SMILES string of the molecule is CC1OCCC1(CNC1CC1)Cc1cc(Cl)ccc1F. The average molecular weight is 298 g/mol. The molecule has 0 spiro atoms. The fourth-order valence-electron chi connectivity index (χ4n) is 3.04. The Hall–Kier alpha value is -0.640. The van der Waals surface area contributed by atoms with Gasteiger partial charge in [-0.2, -0.15) is 0 Å². The lowest BCUT2D eigenvalue weighted by Gasteiger charge is -2.33. The van der Waals surface area contributed by atoms with E-state index in [2.05, 4.69) is 12.2 Å². The summed E-state index contributed by atoms with van der Waals surface area (Å²) in [4.78, 5) is 0. The zero-order chi connectivity index (χ0) is 14.2. The van der Waals surface area contributed by atoms with Crippen molar-refractivity contribution in [2.75, 3.05) is 13.2 Å². The van der Waals surface area contributed by atoms with Crippen molar-refractivity contribution in [3.05, 3.63) is 34.6 Å². The van der Waals surface area contributed by atoms with Gasteiger partial charge in [0, 0.05) is 29.6 Å². The lowest BCUT2D eigenvalue weighted by atomic mass is 9.76. The zero-order valence-electron chi connectivity index (χ0n) is 11.8. The highest BCUT2D eigenvalue weighted by Crippen LogP contribution is 2.39. The highest BCUT2D eigenvalue weighted by molar-refractivity contribution is 6.30. The van der Waals surface area contributed by atoms with Crippen LogP contribution in [0.1, 0.15) is 31.7 Å². The number of halogens is 2. The van der Waals surface area contributed by atoms with E-state index in [0.29, 0.717) is 23.0 Å². The van der Waals surface area contributed by atoms with E-state index < -0.39 is 0 Å². The minimum Gasteiger partial charge on any atom is -0.378 e. The Kier molecular flexibility index (Phi) is 4.02. The molecule has 1 saturated heterocycles. The molecular weight excluding hydrogens is 277 g/mol. The summed E-state index contributed by atoms with van der Waals surface area (Å²) >= 11 is 6.01. The molecule has 1 heterocycles. The largest absolute Gasteiger partial charge is 0.378 e. The fourth-order valence-corrected chi connectivity index (χ4v) is 3.23. The summed E-state index contributed by atoms with van der Waals surface area (Å²) < 4.78 is 19.8. The van der Waals surface area contributed by atoms with E-state index in [1.807, 2.05) is 0 Å². The zero-order valence-corrected chi connectivity index (χ0v) is 12.5. The monoisotopic (exact) mass is 297 g/mol. The van der Waals surface area contributed by atoms with E-state index in [4.69, 9.17) is 16.3 Å². The van der Waals surface area contributed by atoms with Gasteiger partial charge < -0.3 is 10.1 Å². The van der Waals surface area contributed by atoms with Crippen LogP contribution < -0.4 is 5.32 Å². The van der Waals surface area contributed by atoms with Gasteiger partial charge in [0.15, 0.2) is 0 Å². The third-order valence-corrected chi connectivity index (χ3v) is 4.94. The maximum atomic E-state index is 14.0. The van der Waals surface area contributed by atoms with Gasteiger partial charge in [-0.25, -0.2) is 4.39 Å². The molecule has 3 rings (SSSR count). The van der Waals surface area contributed by atoms with E-state index in [0.717, 1.165) is 19.6 Å². The second-order valence-corrected chi connectivity index (χ2v) is 6.63. The minimum atomic E-state index is -0.167. The van der Waals surface area contributed by atoms with Crippen molar-refractivity contribution in [3.63, 3.8) is 0 Å². The molecule has 1 aromatic rings. The third kappa shape index (κ3) is 3.00. The molecule has 0 radical (unpaired) electrons. The van der Waals surface area contributed by atoms with Gasteiger partial charge in [-0.3, -0.25) is 0 Å². The van der Waals surface area contributed by atoms with Gasteiger partial charge in [0.25, 0.3) is 0 Å². The first kappa shape index (κ1) is 14.3. The summed E-state index contributed by atoms with van der Waals surface area (Å²) in [7, 11) is 0. The van der Waals surface area contributed by atoms with Gasteiger partial charge in [-0.05, 0) is 56.4 Å². The van der Waals surface area contributed by atoms with E-state index >= 15 is 0 Å². The van der Waals surface area contributed by atoms with Crippen LogP contribution in [0.3, 0.4) is 0 Å². The normalized spacial score (nSPS) is 29.9. The van der Waals surface area contributed by atoms with Crippen LogP contribution in [0.4, 0.5) is 4.39 Å². The Morgan fingerprint density at radius 1 is 1.45 bits per heavy atom. The summed E-state index contributed by atoms with van der Waals surface area (Å²) in [5.41, 5.74) is 0.682. The Morgan fingerprint density at radius 3 is 2.90 bits per heavy atom. The standard InChI is InChI=1S/C16H21ClFNO/c1-11-16(6-7-20-11,10-19-14-3-4-14)9-12-8-13(17)2-5-15(12)18/h2,5,8,11,14,19H,3-4,6-7,9-10H2,1H3. The number of ether oxygens (including phenoxy) is 1. The molecule has 1 saturated carbocycles. The van der Waals surface area contributed by atoms with Crippen molar-refractivity contribution < 1.29 is 9.13 Å². The van der Waals surface area contributed by atoms with Crippen LogP contribution in [0.2, 0.25) is 5.02 Å². The first-order chi connectivity index (χ1) is 9.59. The molecule has 0 bridgehead atoms. The van der Waals surface area contributed by atoms with Crippen LogP contribution in [-0.2, 0) is 11.2 Å². The lowest BCUT2D eigenvalue weighted by molar-refractivity contribution is 0.0624. The van der Waals surface area contributed by atoms with Crippen molar-refractivity contribution in [3.8, 4) is 0 Å². The second-order valence-electron chi connectivity index (χ2n) is 6.19. The van der Waals surface area contributed by atoms with Crippen LogP contribution in [0.15, 0.2) is 18.2 Å². The summed E-state index contributed by atoms with van der Waals surface area (Å²) in [5.74, 6) is -0.167. The smallest absolute Gasteiger partial charge is 0.126 e. The molecule has 0 amide bonds. The van der Waals surface area contributed by atoms with Gasteiger partial charge in [0.05, 0.1) is 6.10 Å². The molecule has 0 aromatic heterocycles. The molecule has 1 aromatic carbocycles. The maximum Gasteiger partial charge on any atom is 0.126 e. The Bertz CT molecular complexity index is 491. The molecule has 2 fully saturated rings. The van der Waals surface area contributed by atoms with Crippen LogP contribution in [-0.4, -0.2) is 25.3 Å². The van der Waals surface area contributed by atoms with Crippen LogP contribution in [0.25, 0.3) is 0 Å². The number of hydrogen-bond donors (Lipinski definition) is 1. The highest BCUT2D eigenvalue weighted by atomic mass is 35.5. The van der Waals surface area contributed by atoms with Crippen LogP contribution in [0.5, 0.6) is 0 Å². The van der Waals surface area contributed by atoms with Crippen molar-refractivity contribution in [2.45, 2.75) is 44.8 Å². The van der Waals surface area contributed by atoms with Gasteiger partial charge in [0.2, 0.25) is 0 Å². The molecule has 2 atom stereocenters. The van der Waals surface area contributed by atoms with E-state index in [1.165, 1.54) is 18.9 Å². The summed E-state index contributed by atoms with van der Waals surface area (Å²) in [6.07, 6.45) is 4.32. The molecule has 2 aliphatic rings. The highest BCUT2D eigenvalue weighted by Gasteiger charge is 2.42. The lowest BCUT2D eigenvalue weighted by Crippen LogP contribution is -2.42. The minimum absolute atomic E-state index is 0.0197. The topological polar surface area (TPSA) is 21.3 Å². The molecule has 1 aliphatic heterocycles. The second kappa shape index (κ2) is 5.63. The third-order valence-electron chi connectivity index (χ3n) is 4.70. The van der Waals surface area contributed by atoms with Gasteiger partial charge in [-0.1, -0.05) is 11.6 Å². The predicted octanol–water partition coefficient (Wildman–Crippen LogP) is 3.57. The fraction of sp³-hybridized carbons (Fsp3) is 0.625. The number of rotatable bonds is 5. The van der Waals surface area contributed by atoms with Crippen LogP contribution in [0, 0.1) is 11.2 Å². The molecular formula is C16H21ClFNO. The Labute approximate surface area is 124 Å². The molecule has 20 heavy (non-hydrogen) atoms. The van der Waals surface area contributed by atoms with E-state index in [-0.39, 0.29) is 17.3 Å². The number of benzene rings is 1. The summed E-state index contributed by atoms with van der Waals surface area (Å²) in [6, 6.07) is 5.47.